The Morgan fingerprint density at radius 1 is 0.929 bits per heavy atom. The van der Waals surface area contributed by atoms with Crippen molar-refractivity contribution in [3.8, 4) is 0 Å². The van der Waals surface area contributed by atoms with E-state index < -0.39 is 60.8 Å². The minimum atomic E-state index is -6.88. The molecule has 0 aromatic carbocycles. The monoisotopic (exact) mass is 485 g/mol. The average molecular weight is 485 g/mol. The van der Waals surface area contributed by atoms with Crippen molar-refractivity contribution in [2.75, 3.05) is 7.11 Å². The van der Waals surface area contributed by atoms with Crippen molar-refractivity contribution < 1.29 is 52.7 Å². The summed E-state index contributed by atoms with van der Waals surface area (Å²) in [5.74, 6) is -1.63. The van der Waals surface area contributed by atoms with Crippen LogP contribution in [0.1, 0.15) is 40.5 Å². The van der Waals surface area contributed by atoms with Gasteiger partial charge in [0, 0.05) is 15.8 Å². The van der Waals surface area contributed by atoms with Crippen LogP contribution in [0.15, 0.2) is 0 Å². The van der Waals surface area contributed by atoms with Gasteiger partial charge in [-0.05, 0) is 25.2 Å². The molecular formula is C12H22F6NO6PS2. The van der Waals surface area contributed by atoms with Crippen molar-refractivity contribution in [1.82, 2.24) is 3.48 Å². The molecule has 0 spiro atoms. The van der Waals surface area contributed by atoms with Crippen molar-refractivity contribution in [3.63, 3.8) is 0 Å². The number of methoxy groups -OCH3 is 1. The van der Waals surface area contributed by atoms with Crippen molar-refractivity contribution in [1.29, 1.82) is 0 Å². The minimum Gasteiger partial charge on any atom is -0.356 e. The zero-order chi connectivity index (χ0) is 22.8. The van der Waals surface area contributed by atoms with Crippen LogP contribution in [0, 0.1) is 5.41 Å². The van der Waals surface area contributed by atoms with Crippen LogP contribution < -0.4 is 0 Å². The van der Waals surface area contributed by atoms with Crippen molar-refractivity contribution in [2.24, 2.45) is 5.41 Å². The first-order valence-corrected chi connectivity index (χ1v) is 11.6. The van der Waals surface area contributed by atoms with Gasteiger partial charge in [-0.2, -0.15) is 26.3 Å². The molecule has 0 amide bonds. The molecule has 0 aliphatic heterocycles. The van der Waals surface area contributed by atoms with E-state index in [4.69, 9.17) is 9.47 Å². The van der Waals surface area contributed by atoms with Gasteiger partial charge in [-0.1, -0.05) is 24.3 Å². The van der Waals surface area contributed by atoms with Crippen LogP contribution in [-0.2, 0) is 29.5 Å². The largest absolute Gasteiger partial charge is 0.512 e. The Kier molecular flexibility index (Phi) is 9.22. The Bertz CT molecular complexity index is 676. The van der Waals surface area contributed by atoms with Crippen molar-refractivity contribution in [2.45, 2.75) is 63.7 Å². The van der Waals surface area contributed by atoms with Gasteiger partial charge in [0.05, 0.1) is 5.85 Å². The van der Waals surface area contributed by atoms with Crippen LogP contribution in [0.2, 0.25) is 0 Å². The first kappa shape index (κ1) is 27.8. The van der Waals surface area contributed by atoms with Gasteiger partial charge in [-0.3, -0.25) is 0 Å². The number of hydrogen-bond donors (Lipinski definition) is 0. The molecule has 0 rings (SSSR count). The maximum Gasteiger partial charge on any atom is 0.512 e. The molecule has 0 heterocycles. The van der Waals surface area contributed by atoms with Crippen LogP contribution in [-0.4, -0.2) is 50.6 Å². The van der Waals surface area contributed by atoms with Gasteiger partial charge in [0.2, 0.25) is 0 Å². The van der Waals surface area contributed by atoms with Crippen molar-refractivity contribution >= 4 is 28.8 Å². The Morgan fingerprint density at radius 2 is 1.29 bits per heavy atom. The van der Waals surface area contributed by atoms with E-state index in [1.165, 1.54) is 13.8 Å². The zero-order valence-corrected chi connectivity index (χ0v) is 18.2. The maximum absolute atomic E-state index is 12.9. The summed E-state index contributed by atoms with van der Waals surface area (Å²) in [5.41, 5.74) is -13.7. The topological polar surface area (TPSA) is 90.0 Å². The molecule has 0 bridgehead atoms. The minimum absolute atomic E-state index is 0.142. The second kappa shape index (κ2) is 9.29. The third kappa shape index (κ3) is 5.91. The van der Waals surface area contributed by atoms with E-state index in [9.17, 15) is 43.2 Å². The number of alkyl halides is 6. The fourth-order valence-electron chi connectivity index (χ4n) is 1.77. The second-order valence-electron chi connectivity index (χ2n) is 5.91. The SMILES string of the molecule is CCC(C)(CC)C(OC(C)OC)PN(S(=O)(=O)C(F)(F)F)S(=O)(=O)C(F)(F)F. The van der Waals surface area contributed by atoms with Crippen LogP contribution >= 0.6 is 8.73 Å². The second-order valence-corrected chi connectivity index (χ2v) is 11.6. The first-order valence-electron chi connectivity index (χ1n) is 7.69. The smallest absolute Gasteiger partial charge is 0.356 e. The number of halogens is 6. The van der Waals surface area contributed by atoms with Gasteiger partial charge in [-0.25, -0.2) is 16.8 Å². The average Bonchev–Trinajstić information content (AvgIpc) is 2.54. The summed E-state index contributed by atoms with van der Waals surface area (Å²) in [4.78, 5) is 0. The van der Waals surface area contributed by atoms with E-state index in [1.54, 1.807) is 13.8 Å². The summed E-state index contributed by atoms with van der Waals surface area (Å²) in [7, 11) is -14.7. The molecule has 3 unspecified atom stereocenters. The highest BCUT2D eigenvalue weighted by Gasteiger charge is 2.62. The summed E-state index contributed by atoms with van der Waals surface area (Å²) in [6.45, 7) is 5.78. The van der Waals surface area contributed by atoms with Gasteiger partial charge in [-0.15, -0.1) is 0 Å². The first-order chi connectivity index (χ1) is 12.3. The molecule has 0 aromatic rings. The highest BCUT2D eigenvalue weighted by Crippen LogP contribution is 2.50. The van der Waals surface area contributed by atoms with Gasteiger partial charge < -0.3 is 9.47 Å². The lowest BCUT2D eigenvalue weighted by atomic mass is 9.85. The predicted molar refractivity (Wildman–Crippen MR) is 90.1 cm³/mol. The Hall–Kier alpha value is -0.210. The van der Waals surface area contributed by atoms with Crippen LogP contribution in [0.25, 0.3) is 0 Å². The molecular weight excluding hydrogens is 463 g/mol. The summed E-state index contributed by atoms with van der Waals surface area (Å²) < 4.78 is 133. The summed E-state index contributed by atoms with van der Waals surface area (Å²) in [5, 5.41) is 0. The van der Waals surface area contributed by atoms with Crippen LogP contribution in [0.4, 0.5) is 26.3 Å². The zero-order valence-electron chi connectivity index (χ0n) is 15.5. The van der Waals surface area contributed by atoms with Crippen molar-refractivity contribution in [3.05, 3.63) is 0 Å². The molecule has 0 aliphatic carbocycles. The number of nitrogens with zero attached hydrogens (tertiary/aromatic N) is 1. The highest BCUT2D eigenvalue weighted by molar-refractivity contribution is 8.09. The van der Waals surface area contributed by atoms with E-state index >= 15 is 0 Å². The molecule has 0 saturated carbocycles. The lowest BCUT2D eigenvalue weighted by Gasteiger charge is -2.39. The fraction of sp³-hybridized carbons (Fsp3) is 1.00. The maximum atomic E-state index is 12.9. The van der Waals surface area contributed by atoms with E-state index in [0.29, 0.717) is 0 Å². The number of sulfonamides is 2. The van der Waals surface area contributed by atoms with Gasteiger partial charge in [0.15, 0.2) is 6.29 Å². The van der Waals surface area contributed by atoms with E-state index in [1.807, 2.05) is 0 Å². The normalized spacial score (nSPS) is 17.4. The Labute approximate surface area is 161 Å². The van der Waals surface area contributed by atoms with Gasteiger partial charge in [0.1, 0.15) is 0 Å². The molecule has 3 atom stereocenters. The predicted octanol–water partition coefficient (Wildman–Crippen LogP) is 3.74. The molecule has 0 N–H and O–H groups in total. The third-order valence-corrected chi connectivity index (χ3v) is 10.7. The molecule has 7 nitrogen and oxygen atoms in total. The molecule has 28 heavy (non-hydrogen) atoms. The quantitative estimate of drug-likeness (QED) is 0.266. The van der Waals surface area contributed by atoms with Gasteiger partial charge in [0.25, 0.3) is 0 Å². The third-order valence-electron chi connectivity index (χ3n) is 4.15. The Balaban J connectivity index is 6.58. The van der Waals surface area contributed by atoms with Gasteiger partial charge >= 0.3 is 31.1 Å². The number of rotatable bonds is 10. The lowest BCUT2D eigenvalue weighted by Crippen LogP contribution is -2.47. The highest BCUT2D eigenvalue weighted by atomic mass is 32.3. The number of hydrogen-bond acceptors (Lipinski definition) is 6. The van der Waals surface area contributed by atoms with E-state index in [0.717, 1.165) is 7.11 Å². The summed E-state index contributed by atoms with van der Waals surface area (Å²) in [6.07, 6.45) is -0.869. The number of ether oxygens (including phenoxy) is 2. The molecule has 0 fully saturated rings. The van der Waals surface area contributed by atoms with Crippen LogP contribution in [0.5, 0.6) is 0 Å². The molecule has 0 radical (unpaired) electrons. The van der Waals surface area contributed by atoms with Crippen LogP contribution in [0.3, 0.4) is 0 Å². The molecule has 0 saturated heterocycles. The van der Waals surface area contributed by atoms with E-state index in [2.05, 4.69) is 0 Å². The summed E-state index contributed by atoms with van der Waals surface area (Å²) in [6, 6.07) is 0. The standard InChI is InChI=1S/C12H22F6NO6PS2/c1-6-10(4,7-2)9(25-8(3)24-5)26-19(27(20,21)11(13,14)15)28(22,23)12(16,17)18/h8-9,26H,6-7H2,1-5H3. The van der Waals surface area contributed by atoms with E-state index in [-0.39, 0.29) is 12.8 Å². The Morgan fingerprint density at radius 3 is 1.54 bits per heavy atom. The fourth-order valence-corrected chi connectivity index (χ4v) is 7.16. The molecule has 16 heteroatoms. The lowest BCUT2D eigenvalue weighted by molar-refractivity contribution is -0.148. The summed E-state index contributed by atoms with van der Waals surface area (Å²) >= 11 is 0. The molecule has 0 aliphatic rings. The molecule has 170 valence electrons. The molecule has 0 aromatic heterocycles.